The fourth-order valence-electron chi connectivity index (χ4n) is 2.87. The van der Waals surface area contributed by atoms with E-state index in [2.05, 4.69) is 10.5 Å². The van der Waals surface area contributed by atoms with E-state index in [0.717, 1.165) is 5.75 Å². The largest absolute Gasteiger partial charge is 0.493 e. The van der Waals surface area contributed by atoms with Gasteiger partial charge in [-0.25, -0.2) is 0 Å². The molecule has 0 saturated heterocycles. The van der Waals surface area contributed by atoms with E-state index in [1.807, 2.05) is 43.3 Å². The summed E-state index contributed by atoms with van der Waals surface area (Å²) in [6.07, 6.45) is 2.17. The number of nitrogens with zero attached hydrogens (tertiary/aromatic N) is 2. The van der Waals surface area contributed by atoms with E-state index in [4.69, 9.17) is 18.7 Å². The average Bonchev–Trinajstić information content (AvgIpc) is 3.23. The molecule has 8 heteroatoms. The van der Waals surface area contributed by atoms with Crippen molar-refractivity contribution in [3.05, 3.63) is 71.5 Å². The van der Waals surface area contributed by atoms with Gasteiger partial charge in [0.05, 0.1) is 19.8 Å². The van der Waals surface area contributed by atoms with Crippen LogP contribution < -0.4 is 19.5 Å². The summed E-state index contributed by atoms with van der Waals surface area (Å²) in [6, 6.07) is 18.3. The smallest absolute Gasteiger partial charge is 0.267 e. The van der Waals surface area contributed by atoms with Crippen LogP contribution in [0.5, 0.6) is 17.2 Å². The summed E-state index contributed by atoms with van der Waals surface area (Å²) in [6.45, 7) is 5.00. The molecule has 8 nitrogen and oxygen atoms in total. The summed E-state index contributed by atoms with van der Waals surface area (Å²) >= 11 is 0. The second-order valence-electron chi connectivity index (χ2n) is 6.95. The van der Waals surface area contributed by atoms with E-state index in [1.165, 1.54) is 6.08 Å². The Morgan fingerprint density at radius 1 is 1.09 bits per heavy atom. The molecule has 0 unspecified atom stereocenters. The lowest BCUT2D eigenvalue weighted by molar-refractivity contribution is -0.112. The molecule has 0 radical (unpaired) electrons. The summed E-state index contributed by atoms with van der Waals surface area (Å²) in [5, 5.41) is 15.7. The number of aryl methyl sites for hydroxylation is 1. The first-order chi connectivity index (χ1) is 16.1. The highest BCUT2D eigenvalue weighted by Gasteiger charge is 2.13. The van der Waals surface area contributed by atoms with Gasteiger partial charge >= 0.3 is 0 Å². The van der Waals surface area contributed by atoms with E-state index in [1.54, 1.807) is 31.2 Å². The van der Waals surface area contributed by atoms with Crippen molar-refractivity contribution in [2.24, 2.45) is 0 Å². The zero-order valence-electron chi connectivity index (χ0n) is 18.5. The third-order valence-electron chi connectivity index (χ3n) is 4.37. The van der Waals surface area contributed by atoms with Crippen molar-refractivity contribution in [3.8, 4) is 23.3 Å². The number of ether oxygens (including phenoxy) is 3. The summed E-state index contributed by atoms with van der Waals surface area (Å²) in [5.41, 5.74) is 0.547. The average molecular weight is 447 g/mol. The van der Waals surface area contributed by atoms with Gasteiger partial charge in [0, 0.05) is 12.5 Å². The van der Waals surface area contributed by atoms with Gasteiger partial charge in [-0.1, -0.05) is 29.4 Å². The molecule has 1 amide bonds. The Bertz CT molecular complexity index is 1130. The maximum atomic E-state index is 12.4. The minimum atomic E-state index is -0.581. The Hall–Kier alpha value is -4.25. The van der Waals surface area contributed by atoms with E-state index in [0.29, 0.717) is 49.1 Å². The number of anilines is 1. The number of hydrogen-bond donors (Lipinski definition) is 1. The third-order valence-corrected chi connectivity index (χ3v) is 4.37. The van der Waals surface area contributed by atoms with Crippen molar-refractivity contribution in [1.82, 2.24) is 5.16 Å². The number of carbonyl (C=O) groups excluding carboxylic acids is 1. The summed E-state index contributed by atoms with van der Waals surface area (Å²) in [4.78, 5) is 12.4. The standard InChI is InChI=1S/C25H25N3O5/c1-3-30-23-16-19(15-20(17-26)25(29)27-24-14-18(2)33-28-24)10-11-22(23)32-13-7-12-31-21-8-5-4-6-9-21/h4-6,8-11,14-16H,3,7,12-13H2,1-2H3,(H,27,28,29)/b20-15-. The fraction of sp³-hybridized carbons (Fsp3) is 0.240. The van der Waals surface area contributed by atoms with E-state index < -0.39 is 5.91 Å². The highest BCUT2D eigenvalue weighted by atomic mass is 16.5. The molecule has 0 aliphatic rings. The molecule has 2 aromatic carbocycles. The quantitative estimate of drug-likeness (QED) is 0.256. The van der Waals surface area contributed by atoms with Crippen LogP contribution in [0.2, 0.25) is 0 Å². The van der Waals surface area contributed by atoms with Gasteiger partial charge in [0.15, 0.2) is 17.3 Å². The van der Waals surface area contributed by atoms with Gasteiger partial charge in [0.1, 0.15) is 23.2 Å². The monoisotopic (exact) mass is 447 g/mol. The predicted octanol–water partition coefficient (Wildman–Crippen LogP) is 4.78. The number of hydrogen-bond acceptors (Lipinski definition) is 7. The van der Waals surface area contributed by atoms with Crippen LogP contribution in [0.1, 0.15) is 24.7 Å². The van der Waals surface area contributed by atoms with Crippen molar-refractivity contribution in [2.75, 3.05) is 25.1 Å². The Balaban J connectivity index is 1.61. The van der Waals surface area contributed by atoms with Gasteiger partial charge in [-0.15, -0.1) is 0 Å². The molecule has 0 aliphatic carbocycles. The van der Waals surface area contributed by atoms with Crippen molar-refractivity contribution in [2.45, 2.75) is 20.3 Å². The molecule has 0 spiro atoms. The molecule has 1 aromatic heterocycles. The SMILES string of the molecule is CCOc1cc(/C=C(/C#N)C(=O)Nc2cc(C)on2)ccc1OCCCOc1ccccc1. The molecular weight excluding hydrogens is 422 g/mol. The molecule has 0 aliphatic heterocycles. The summed E-state index contributed by atoms with van der Waals surface area (Å²) in [5.74, 6) is 2.14. The molecule has 1 heterocycles. The Morgan fingerprint density at radius 2 is 1.88 bits per heavy atom. The number of rotatable bonds is 11. The molecule has 170 valence electrons. The van der Waals surface area contributed by atoms with E-state index >= 15 is 0 Å². The van der Waals surface area contributed by atoms with Crippen LogP contribution in [0, 0.1) is 18.3 Å². The molecule has 0 saturated carbocycles. The zero-order chi connectivity index (χ0) is 23.5. The first-order valence-corrected chi connectivity index (χ1v) is 10.5. The highest BCUT2D eigenvalue weighted by molar-refractivity contribution is 6.09. The lowest BCUT2D eigenvalue weighted by Gasteiger charge is -2.13. The third kappa shape index (κ3) is 7.14. The van der Waals surface area contributed by atoms with Crippen molar-refractivity contribution < 1.29 is 23.5 Å². The van der Waals surface area contributed by atoms with Gasteiger partial charge in [0.25, 0.3) is 5.91 Å². The second kappa shape index (κ2) is 12.0. The molecule has 3 aromatic rings. The van der Waals surface area contributed by atoms with E-state index in [9.17, 15) is 10.1 Å². The van der Waals surface area contributed by atoms with Gasteiger partial charge in [-0.05, 0) is 49.8 Å². The van der Waals surface area contributed by atoms with Gasteiger partial charge in [-0.2, -0.15) is 5.26 Å². The first kappa shape index (κ1) is 23.4. The van der Waals surface area contributed by atoms with Crippen molar-refractivity contribution in [1.29, 1.82) is 5.26 Å². The number of benzene rings is 2. The topological polar surface area (TPSA) is 107 Å². The Labute approximate surface area is 192 Å². The Kier molecular flexibility index (Phi) is 8.48. The molecular formula is C25H25N3O5. The van der Waals surface area contributed by atoms with Crippen molar-refractivity contribution >= 4 is 17.8 Å². The van der Waals surface area contributed by atoms with Crippen molar-refractivity contribution in [3.63, 3.8) is 0 Å². The van der Waals surface area contributed by atoms with E-state index in [-0.39, 0.29) is 11.4 Å². The molecule has 0 bridgehead atoms. The number of amides is 1. The summed E-state index contributed by atoms with van der Waals surface area (Å²) < 4.78 is 22.1. The van der Waals surface area contributed by atoms with Crippen LogP contribution in [-0.4, -0.2) is 30.9 Å². The normalized spacial score (nSPS) is 10.9. The molecule has 0 atom stereocenters. The molecule has 0 fully saturated rings. The Morgan fingerprint density at radius 3 is 2.58 bits per heavy atom. The van der Waals surface area contributed by atoms with Crippen LogP contribution >= 0.6 is 0 Å². The number of nitrogens with one attached hydrogen (secondary N) is 1. The molecule has 1 N–H and O–H groups in total. The van der Waals surface area contributed by atoms with Crippen LogP contribution in [-0.2, 0) is 4.79 Å². The zero-order valence-corrected chi connectivity index (χ0v) is 18.5. The lowest BCUT2D eigenvalue weighted by atomic mass is 10.1. The molecule has 3 rings (SSSR count). The second-order valence-corrected chi connectivity index (χ2v) is 6.95. The highest BCUT2D eigenvalue weighted by Crippen LogP contribution is 2.29. The van der Waals surface area contributed by atoms with Crippen LogP contribution in [0.3, 0.4) is 0 Å². The van der Waals surface area contributed by atoms with Gasteiger partial charge in [-0.3, -0.25) is 4.79 Å². The van der Waals surface area contributed by atoms with Crippen LogP contribution in [0.25, 0.3) is 6.08 Å². The maximum absolute atomic E-state index is 12.4. The molecule has 33 heavy (non-hydrogen) atoms. The van der Waals surface area contributed by atoms with Crippen LogP contribution in [0.4, 0.5) is 5.82 Å². The first-order valence-electron chi connectivity index (χ1n) is 10.5. The number of aromatic nitrogens is 1. The van der Waals surface area contributed by atoms with Gasteiger partial charge < -0.3 is 24.1 Å². The lowest BCUT2D eigenvalue weighted by Crippen LogP contribution is -2.13. The number of carbonyl (C=O) groups is 1. The van der Waals surface area contributed by atoms with Gasteiger partial charge in [0.2, 0.25) is 0 Å². The minimum Gasteiger partial charge on any atom is -0.493 e. The number of nitriles is 1. The summed E-state index contributed by atoms with van der Waals surface area (Å²) in [7, 11) is 0. The number of para-hydroxylation sites is 1. The van der Waals surface area contributed by atoms with Crippen LogP contribution in [0.15, 0.2) is 64.7 Å². The maximum Gasteiger partial charge on any atom is 0.267 e. The predicted molar refractivity (Wildman–Crippen MR) is 123 cm³/mol. The minimum absolute atomic E-state index is 0.0789. The fourth-order valence-corrected chi connectivity index (χ4v) is 2.87.